The molecule has 1 amide bonds. The Morgan fingerprint density at radius 3 is 2.53 bits per heavy atom. The summed E-state index contributed by atoms with van der Waals surface area (Å²) in [6, 6.07) is -0.304. The van der Waals surface area contributed by atoms with E-state index in [2.05, 4.69) is 5.32 Å². The van der Waals surface area contributed by atoms with Crippen LogP contribution >= 0.6 is 0 Å². The average Bonchev–Trinajstić information content (AvgIpc) is 2.15. The van der Waals surface area contributed by atoms with E-state index in [0.717, 1.165) is 0 Å². The quantitative estimate of drug-likeness (QED) is 0.819. The van der Waals surface area contributed by atoms with Crippen molar-refractivity contribution in [2.75, 3.05) is 0 Å². The molecule has 0 bridgehead atoms. The minimum Gasteiger partial charge on any atom is -0.353 e. The van der Waals surface area contributed by atoms with E-state index in [4.69, 9.17) is 0 Å². The second-order valence-corrected chi connectivity index (χ2v) is 5.27. The second kappa shape index (κ2) is 5.74. The fourth-order valence-electron chi connectivity index (χ4n) is 2.28. The number of rotatable bonds is 3. The summed E-state index contributed by atoms with van der Waals surface area (Å²) in [5.41, 5.74) is 0. The monoisotopic (exact) mass is 251 g/mol. The molecule has 1 fully saturated rings. The van der Waals surface area contributed by atoms with Crippen LogP contribution in [0.25, 0.3) is 0 Å². The Kier molecular flexibility index (Phi) is 4.83. The van der Waals surface area contributed by atoms with Crippen LogP contribution in [-0.4, -0.2) is 18.1 Å². The van der Waals surface area contributed by atoms with Crippen LogP contribution in [0.3, 0.4) is 0 Å². The highest BCUT2D eigenvalue weighted by Crippen LogP contribution is 2.37. The van der Waals surface area contributed by atoms with Gasteiger partial charge in [0.25, 0.3) is 0 Å². The smallest absolute Gasteiger partial charge is 0.353 e. The molecule has 1 saturated carbocycles. The summed E-state index contributed by atoms with van der Waals surface area (Å²) in [4.78, 5) is 11.5. The molecule has 0 aromatic heterocycles. The summed E-state index contributed by atoms with van der Waals surface area (Å²) in [5.74, 6) is -1.15. The van der Waals surface area contributed by atoms with E-state index in [1.807, 2.05) is 13.8 Å². The third-order valence-corrected chi connectivity index (χ3v) is 3.10. The van der Waals surface area contributed by atoms with Gasteiger partial charge in [0, 0.05) is 12.5 Å². The van der Waals surface area contributed by atoms with Crippen LogP contribution in [0.2, 0.25) is 0 Å². The number of carbonyl (C=O) groups excluding carboxylic acids is 1. The molecule has 17 heavy (non-hydrogen) atoms. The Hall–Kier alpha value is -0.740. The number of alkyl halides is 3. The predicted molar refractivity (Wildman–Crippen MR) is 59.4 cm³/mol. The number of hydrogen-bond acceptors (Lipinski definition) is 1. The molecular formula is C12H20F3NO. The zero-order valence-corrected chi connectivity index (χ0v) is 10.3. The highest BCUT2D eigenvalue weighted by Gasteiger charge is 2.42. The van der Waals surface area contributed by atoms with E-state index >= 15 is 0 Å². The van der Waals surface area contributed by atoms with Crippen LogP contribution in [0.4, 0.5) is 13.2 Å². The normalized spacial score (nSPS) is 26.0. The lowest BCUT2D eigenvalue weighted by Gasteiger charge is -2.31. The molecule has 1 rings (SSSR count). The van der Waals surface area contributed by atoms with Gasteiger partial charge in [-0.2, -0.15) is 13.2 Å². The van der Waals surface area contributed by atoms with Crippen LogP contribution in [0.5, 0.6) is 0 Å². The van der Waals surface area contributed by atoms with Gasteiger partial charge in [0.05, 0.1) is 5.92 Å². The van der Waals surface area contributed by atoms with Crippen LogP contribution in [0, 0.1) is 11.8 Å². The van der Waals surface area contributed by atoms with Gasteiger partial charge in [0.1, 0.15) is 0 Å². The van der Waals surface area contributed by atoms with Crippen molar-refractivity contribution in [3.05, 3.63) is 0 Å². The highest BCUT2D eigenvalue weighted by molar-refractivity contribution is 5.76. The van der Waals surface area contributed by atoms with E-state index in [1.165, 1.54) is 0 Å². The molecule has 0 heterocycles. The molecule has 0 aliphatic heterocycles. The highest BCUT2D eigenvalue weighted by atomic mass is 19.4. The zero-order chi connectivity index (χ0) is 13.1. The molecule has 0 aromatic rings. The zero-order valence-electron chi connectivity index (χ0n) is 10.3. The van der Waals surface area contributed by atoms with E-state index in [-0.39, 0.29) is 30.7 Å². The summed E-state index contributed by atoms with van der Waals surface area (Å²) in [5, 5.41) is 2.71. The van der Waals surface area contributed by atoms with E-state index in [1.54, 1.807) is 0 Å². The summed E-state index contributed by atoms with van der Waals surface area (Å²) in [6.07, 6.45) is -2.31. The Morgan fingerprint density at radius 2 is 2.00 bits per heavy atom. The summed E-state index contributed by atoms with van der Waals surface area (Å²) in [6.45, 7) is 3.83. The molecule has 1 aliphatic carbocycles. The molecule has 0 unspecified atom stereocenters. The molecule has 5 heteroatoms. The maximum atomic E-state index is 12.5. The average molecular weight is 251 g/mol. The first-order chi connectivity index (χ1) is 7.79. The Bertz CT molecular complexity index is 263. The molecule has 0 radical (unpaired) electrons. The van der Waals surface area contributed by atoms with Crippen molar-refractivity contribution in [3.63, 3.8) is 0 Å². The number of hydrogen-bond donors (Lipinski definition) is 1. The maximum Gasteiger partial charge on any atom is 0.391 e. The first kappa shape index (κ1) is 14.3. The minimum absolute atomic E-state index is 0.0351. The fraction of sp³-hybridized carbons (Fsp3) is 0.917. The van der Waals surface area contributed by atoms with Crippen LogP contribution in [-0.2, 0) is 4.79 Å². The minimum atomic E-state index is -4.12. The lowest BCUT2D eigenvalue weighted by atomic mass is 9.85. The maximum absolute atomic E-state index is 12.5. The van der Waals surface area contributed by atoms with E-state index in [0.29, 0.717) is 19.3 Å². The fourth-order valence-corrected chi connectivity index (χ4v) is 2.28. The summed E-state index contributed by atoms with van der Waals surface area (Å²) in [7, 11) is 0. The van der Waals surface area contributed by atoms with Gasteiger partial charge in [-0.1, -0.05) is 20.3 Å². The SMILES string of the molecule is CC(C)CC(=O)N[C@@H]1CCC[C@H](C(F)(F)F)C1. The van der Waals surface area contributed by atoms with Gasteiger partial charge in [0.2, 0.25) is 5.91 Å². The van der Waals surface area contributed by atoms with Crippen molar-refractivity contribution in [2.45, 2.75) is 58.2 Å². The van der Waals surface area contributed by atoms with Gasteiger partial charge in [-0.3, -0.25) is 4.79 Å². The molecule has 1 aliphatic rings. The number of carbonyl (C=O) groups is 1. The van der Waals surface area contributed by atoms with E-state index in [9.17, 15) is 18.0 Å². The summed E-state index contributed by atoms with van der Waals surface area (Å²) < 4.78 is 37.6. The molecule has 0 aromatic carbocycles. The van der Waals surface area contributed by atoms with Gasteiger partial charge >= 0.3 is 6.18 Å². The number of nitrogens with one attached hydrogen (secondary N) is 1. The molecule has 2 nitrogen and oxygen atoms in total. The second-order valence-electron chi connectivity index (χ2n) is 5.27. The van der Waals surface area contributed by atoms with Gasteiger partial charge in [-0.15, -0.1) is 0 Å². The van der Waals surface area contributed by atoms with Crippen molar-refractivity contribution in [1.29, 1.82) is 0 Å². The molecule has 2 atom stereocenters. The molecule has 100 valence electrons. The Morgan fingerprint density at radius 1 is 1.35 bits per heavy atom. The van der Waals surface area contributed by atoms with Gasteiger partial charge in [-0.25, -0.2) is 0 Å². The lowest BCUT2D eigenvalue weighted by Crippen LogP contribution is -2.41. The topological polar surface area (TPSA) is 29.1 Å². The largest absolute Gasteiger partial charge is 0.391 e. The standard InChI is InChI=1S/C12H20F3NO/c1-8(2)6-11(17)16-10-5-3-4-9(7-10)12(13,14)15/h8-10H,3-7H2,1-2H3,(H,16,17)/t9-,10+/m0/s1. The van der Waals surface area contributed by atoms with Crippen LogP contribution in [0.1, 0.15) is 46.0 Å². The first-order valence-corrected chi connectivity index (χ1v) is 6.15. The van der Waals surface area contributed by atoms with Crippen molar-refractivity contribution < 1.29 is 18.0 Å². The van der Waals surface area contributed by atoms with Gasteiger partial charge in [-0.05, 0) is 25.2 Å². The van der Waals surface area contributed by atoms with Crippen molar-refractivity contribution in [1.82, 2.24) is 5.32 Å². The van der Waals surface area contributed by atoms with Crippen LogP contribution < -0.4 is 5.32 Å². The van der Waals surface area contributed by atoms with Gasteiger partial charge in [0.15, 0.2) is 0 Å². The van der Waals surface area contributed by atoms with E-state index < -0.39 is 12.1 Å². The molecular weight excluding hydrogens is 231 g/mol. The Labute approximate surface area is 100.0 Å². The molecule has 1 N–H and O–H groups in total. The first-order valence-electron chi connectivity index (χ1n) is 6.15. The third kappa shape index (κ3) is 4.96. The molecule has 0 spiro atoms. The third-order valence-electron chi connectivity index (χ3n) is 3.10. The van der Waals surface area contributed by atoms with Crippen LogP contribution in [0.15, 0.2) is 0 Å². The summed E-state index contributed by atoms with van der Waals surface area (Å²) >= 11 is 0. The number of halogens is 3. The predicted octanol–water partition coefficient (Wildman–Crippen LogP) is 3.27. The Balaban J connectivity index is 2.42. The lowest BCUT2D eigenvalue weighted by molar-refractivity contribution is -0.184. The van der Waals surface area contributed by atoms with Crippen molar-refractivity contribution in [2.24, 2.45) is 11.8 Å². The van der Waals surface area contributed by atoms with Gasteiger partial charge < -0.3 is 5.32 Å². The van der Waals surface area contributed by atoms with Crippen molar-refractivity contribution >= 4 is 5.91 Å². The number of amides is 1. The van der Waals surface area contributed by atoms with Crippen molar-refractivity contribution in [3.8, 4) is 0 Å². The molecule has 0 saturated heterocycles.